The predicted octanol–water partition coefficient (Wildman–Crippen LogP) is -11.4. The molecule has 22 heteroatoms. The zero-order valence-electron chi connectivity index (χ0n) is 10.7. The molecule has 0 aliphatic heterocycles. The Hall–Kier alpha value is 6.55. The van der Waals surface area contributed by atoms with E-state index in [1.807, 2.05) is 0 Å². The third-order valence-corrected chi connectivity index (χ3v) is 0. The molecule has 0 bridgehead atoms. The van der Waals surface area contributed by atoms with Crippen LogP contribution in [-0.2, 0) is 13.7 Å². The molecule has 0 saturated heterocycles. The van der Waals surface area contributed by atoms with Gasteiger partial charge in [-0.1, -0.05) is 0 Å². The first-order valence-corrected chi connectivity index (χ1v) is 6.57. The summed E-state index contributed by atoms with van der Waals surface area (Å²) >= 11 is 0. The molecule has 0 heterocycles. The normalized spacial score (nSPS) is 8.05. The van der Waals surface area contributed by atoms with Gasteiger partial charge >= 0.3 is 189 Å². The van der Waals surface area contributed by atoms with Gasteiger partial charge in [-0.15, -0.1) is 0 Å². The van der Waals surface area contributed by atoms with Gasteiger partial charge in [0.05, 0.1) is 0 Å². The van der Waals surface area contributed by atoms with Crippen molar-refractivity contribution in [3.63, 3.8) is 0 Å². The molecule has 0 atom stereocenters. The van der Waals surface area contributed by atoms with E-state index in [2.05, 4.69) is 0 Å². The zero-order chi connectivity index (χ0) is 13.5. The molecule has 22 heavy (non-hydrogen) atoms. The standard InChI is InChI=1S/5Ca.3H3O4P.2H2O/c;;;;;3*1-5(2,3)4;;/h;;;;;3*(H3,1,2,3,4);2*1H2/q5*+2;;;;;/p-10. The SMILES string of the molecule is O.O=P([O-])([O-])[O-].O=P([O-])([O-])[O-].O=P([O-])([O-])[O-].[Ca+2].[Ca+2].[Ca+2].[Ca+2].[Ca+2].[OH-]. The Bertz CT molecular complexity index is 215. The van der Waals surface area contributed by atoms with E-state index in [1.54, 1.807) is 0 Å². The second-order valence-electron chi connectivity index (χ2n) is 1.34. The third-order valence-electron chi connectivity index (χ3n) is 0. The van der Waals surface area contributed by atoms with Crippen molar-refractivity contribution in [2.45, 2.75) is 0 Å². The molecule has 14 nitrogen and oxygen atoms in total. The van der Waals surface area contributed by atoms with Crippen LogP contribution in [0.1, 0.15) is 0 Å². The van der Waals surface area contributed by atoms with Gasteiger partial charge in [-0.2, -0.15) is 23.5 Å². The van der Waals surface area contributed by atoms with E-state index in [4.69, 9.17) is 57.7 Å². The van der Waals surface area contributed by atoms with Gasteiger partial charge in [0.15, 0.2) is 0 Å². The van der Waals surface area contributed by atoms with Crippen molar-refractivity contribution in [3.05, 3.63) is 0 Å². The van der Waals surface area contributed by atoms with Crippen LogP contribution in [0.3, 0.4) is 0 Å². The van der Waals surface area contributed by atoms with Gasteiger partial charge in [-0.3, -0.25) is 0 Å². The smallest absolute Gasteiger partial charge is 0.870 e. The van der Waals surface area contributed by atoms with Crippen molar-refractivity contribution in [2.75, 3.05) is 0 Å². The molecule has 0 spiro atoms. The fourth-order valence-electron chi connectivity index (χ4n) is 0. The summed E-state index contributed by atoms with van der Waals surface area (Å²) in [5.74, 6) is 0. The summed E-state index contributed by atoms with van der Waals surface area (Å²) in [5.41, 5.74) is 0. The van der Waals surface area contributed by atoms with Crippen molar-refractivity contribution in [2.24, 2.45) is 0 Å². The monoisotopic (exact) mass is 520 g/mol. The van der Waals surface area contributed by atoms with Crippen LogP contribution >= 0.6 is 23.5 Å². The maximum atomic E-state index is 8.55. The van der Waals surface area contributed by atoms with Crippen LogP contribution in [0.4, 0.5) is 0 Å². The van der Waals surface area contributed by atoms with E-state index >= 15 is 0 Å². The van der Waals surface area contributed by atoms with Crippen LogP contribution in [0.25, 0.3) is 0 Å². The largest absolute Gasteiger partial charge is 2.00 e. The Labute approximate surface area is 274 Å². The van der Waals surface area contributed by atoms with Gasteiger partial charge in [0, 0.05) is 0 Å². The van der Waals surface area contributed by atoms with Crippen molar-refractivity contribution in [1.29, 1.82) is 0 Å². The fourth-order valence-corrected chi connectivity index (χ4v) is 0. The number of rotatable bonds is 0. The molecule has 0 radical (unpaired) electrons. The van der Waals surface area contributed by atoms with E-state index in [9.17, 15) is 0 Å². The molecule has 112 valence electrons. The van der Waals surface area contributed by atoms with Crippen molar-refractivity contribution in [3.8, 4) is 0 Å². The quantitative estimate of drug-likeness (QED) is 0.212. The number of hydrogen-bond acceptors (Lipinski definition) is 13. The molecule has 3 N–H and O–H groups in total. The maximum Gasteiger partial charge on any atom is 2.00 e. The average Bonchev–Trinajstić information content (AvgIpc) is 1.41. The van der Waals surface area contributed by atoms with Gasteiger partial charge < -0.3 is 68.7 Å². The van der Waals surface area contributed by atoms with Gasteiger partial charge in [0.1, 0.15) is 0 Å². The van der Waals surface area contributed by atoms with Gasteiger partial charge in [0.2, 0.25) is 0 Å². The van der Waals surface area contributed by atoms with Crippen molar-refractivity contribution in [1.82, 2.24) is 0 Å². The first-order chi connectivity index (χ1) is 6.00. The summed E-state index contributed by atoms with van der Waals surface area (Å²) in [6.07, 6.45) is 0. The van der Waals surface area contributed by atoms with Crippen LogP contribution in [0.5, 0.6) is 0 Å². The minimum Gasteiger partial charge on any atom is -0.870 e. The molecule has 0 aromatic carbocycles. The second kappa shape index (κ2) is 32.2. The molecule has 0 fully saturated rings. The summed E-state index contributed by atoms with van der Waals surface area (Å²) < 4.78 is 25.6. The minimum atomic E-state index is -5.39. The van der Waals surface area contributed by atoms with E-state index in [0.717, 1.165) is 0 Å². The summed E-state index contributed by atoms with van der Waals surface area (Å²) in [6.45, 7) is 0. The first-order valence-electron chi connectivity index (χ1n) is 2.19. The fraction of sp³-hybridized carbons (Fsp3) is 0. The molecule has 0 aliphatic rings. The molecule has 0 aliphatic carbocycles. The van der Waals surface area contributed by atoms with Gasteiger partial charge in [-0.25, -0.2) is 0 Å². The summed E-state index contributed by atoms with van der Waals surface area (Å²) in [5, 5.41) is 0. The van der Waals surface area contributed by atoms with Gasteiger partial charge in [-0.05, 0) is 0 Å². The van der Waals surface area contributed by atoms with E-state index in [1.165, 1.54) is 0 Å². The molecule has 0 saturated carbocycles. The van der Waals surface area contributed by atoms with E-state index in [0.29, 0.717) is 0 Å². The molecule has 0 rings (SSSR count). The molecule has 0 unspecified atom stereocenters. The average molecular weight is 520 g/mol. The predicted molar refractivity (Wildman–Crippen MR) is 57.1 cm³/mol. The van der Waals surface area contributed by atoms with Crippen LogP contribution in [0, 0.1) is 0 Å². The summed E-state index contributed by atoms with van der Waals surface area (Å²) in [6, 6.07) is 0. The number of hydrogen-bond donors (Lipinski definition) is 0. The third kappa shape index (κ3) is 404. The Balaban J connectivity index is -0.0000000106. The minimum absolute atomic E-state index is 0. The molecular weight excluding hydrogens is 517 g/mol. The maximum absolute atomic E-state index is 8.55. The Morgan fingerprint density at radius 2 is 0.409 bits per heavy atom. The Morgan fingerprint density at radius 3 is 0.409 bits per heavy atom. The topological polar surface area (TPSA) is 320 Å². The first kappa shape index (κ1) is 63.0. The summed E-state index contributed by atoms with van der Waals surface area (Å²) in [7, 11) is -16.2. The second-order valence-corrected chi connectivity index (χ2v) is 4.02. The van der Waals surface area contributed by atoms with Crippen molar-refractivity contribution < 1.29 is 68.7 Å². The molecular formula is H3Ca5O14P3. The van der Waals surface area contributed by atoms with Crippen molar-refractivity contribution >= 4 is 212 Å². The number of phosphoric acid groups is 3. The van der Waals surface area contributed by atoms with Crippen LogP contribution in [0.2, 0.25) is 0 Å². The van der Waals surface area contributed by atoms with E-state index in [-0.39, 0.29) is 200 Å². The van der Waals surface area contributed by atoms with Crippen LogP contribution < -0.4 is 44.0 Å². The van der Waals surface area contributed by atoms with E-state index < -0.39 is 23.5 Å². The zero-order valence-corrected chi connectivity index (χ0v) is 24.4. The molecule has 0 aromatic rings. The molecule has 0 amide bonds. The molecule has 0 aromatic heterocycles. The summed E-state index contributed by atoms with van der Waals surface area (Å²) in [4.78, 5) is 76.9. The Kier molecular flexibility index (Phi) is 92.2. The van der Waals surface area contributed by atoms with Gasteiger partial charge in [0.25, 0.3) is 0 Å². The van der Waals surface area contributed by atoms with Crippen LogP contribution in [-0.4, -0.2) is 200 Å². The Morgan fingerprint density at radius 1 is 0.409 bits per heavy atom. The van der Waals surface area contributed by atoms with Crippen LogP contribution in [0.15, 0.2) is 0 Å².